The zero-order valence-electron chi connectivity index (χ0n) is 7.75. The van der Waals surface area contributed by atoms with Gasteiger partial charge in [-0.2, -0.15) is 0 Å². The van der Waals surface area contributed by atoms with Crippen LogP contribution in [0.5, 0.6) is 0 Å². The van der Waals surface area contributed by atoms with Crippen molar-refractivity contribution in [3.05, 3.63) is 29.6 Å². The highest BCUT2D eigenvalue weighted by Gasteiger charge is 2.03. The Morgan fingerprint density at radius 2 is 2.25 bits per heavy atom. The third kappa shape index (κ3) is 2.31. The second-order valence-corrected chi connectivity index (χ2v) is 3.13. The van der Waals surface area contributed by atoms with E-state index in [0.717, 1.165) is 24.1 Å². The highest BCUT2D eigenvalue weighted by Crippen LogP contribution is 2.14. The Kier molecular flexibility index (Phi) is 3.23. The number of aryl methyl sites for hydroxylation is 1. The van der Waals surface area contributed by atoms with Crippen LogP contribution >= 0.6 is 0 Å². The lowest BCUT2D eigenvalue weighted by molar-refractivity contribution is 0.636. The van der Waals surface area contributed by atoms with E-state index < -0.39 is 0 Å². The summed E-state index contributed by atoms with van der Waals surface area (Å²) in [7, 11) is 0. The molecular formula is C10H16N2. The number of nitrogens with zero attached hydrogens (tertiary/aromatic N) is 1. The molecule has 2 nitrogen and oxygen atoms in total. The van der Waals surface area contributed by atoms with E-state index in [1.54, 1.807) is 0 Å². The van der Waals surface area contributed by atoms with Crippen LogP contribution in [0.2, 0.25) is 0 Å². The van der Waals surface area contributed by atoms with Gasteiger partial charge in [0.2, 0.25) is 0 Å². The molecule has 0 aliphatic rings. The maximum Gasteiger partial charge on any atom is 0.0372 e. The molecule has 0 bridgehead atoms. The van der Waals surface area contributed by atoms with Gasteiger partial charge >= 0.3 is 0 Å². The summed E-state index contributed by atoms with van der Waals surface area (Å²) in [5.74, 6) is 0. The Morgan fingerprint density at radius 3 is 2.75 bits per heavy atom. The molecule has 1 heterocycles. The van der Waals surface area contributed by atoms with E-state index in [9.17, 15) is 0 Å². The first-order chi connectivity index (χ1) is 5.74. The zero-order valence-corrected chi connectivity index (χ0v) is 7.75. The lowest BCUT2D eigenvalue weighted by Gasteiger charge is -2.09. The van der Waals surface area contributed by atoms with Gasteiger partial charge in [-0.05, 0) is 25.0 Å². The largest absolute Gasteiger partial charge is 0.324 e. The van der Waals surface area contributed by atoms with Crippen LogP contribution in [0.1, 0.15) is 37.1 Å². The predicted octanol–water partition coefficient (Wildman–Crippen LogP) is 2.19. The molecule has 0 aliphatic heterocycles. The van der Waals surface area contributed by atoms with E-state index in [1.807, 2.05) is 19.2 Å². The molecule has 0 amide bonds. The molecular weight excluding hydrogens is 148 g/mol. The molecule has 66 valence electrons. The molecule has 0 fully saturated rings. The van der Waals surface area contributed by atoms with E-state index in [1.165, 1.54) is 0 Å². The molecule has 1 atom stereocenters. The molecule has 0 aliphatic carbocycles. The highest BCUT2D eigenvalue weighted by molar-refractivity contribution is 5.16. The van der Waals surface area contributed by atoms with E-state index in [4.69, 9.17) is 5.73 Å². The van der Waals surface area contributed by atoms with Crippen LogP contribution in [-0.4, -0.2) is 4.98 Å². The Bertz CT molecular complexity index is 228. The maximum absolute atomic E-state index is 5.92. The van der Waals surface area contributed by atoms with Gasteiger partial charge in [-0.3, -0.25) is 4.98 Å². The quantitative estimate of drug-likeness (QED) is 0.743. The lowest BCUT2D eigenvalue weighted by Crippen LogP contribution is -2.09. The third-order valence-electron chi connectivity index (χ3n) is 1.96. The first-order valence-corrected chi connectivity index (χ1v) is 4.42. The minimum Gasteiger partial charge on any atom is -0.324 e. The summed E-state index contributed by atoms with van der Waals surface area (Å²) in [6.45, 7) is 4.12. The van der Waals surface area contributed by atoms with Crippen LogP contribution in [0.25, 0.3) is 0 Å². The van der Waals surface area contributed by atoms with Crippen LogP contribution in [0.15, 0.2) is 18.3 Å². The average Bonchev–Trinajstić information content (AvgIpc) is 2.06. The molecule has 2 heteroatoms. The van der Waals surface area contributed by atoms with Gasteiger partial charge in [-0.1, -0.05) is 19.4 Å². The number of hydrogen-bond donors (Lipinski definition) is 1. The third-order valence-corrected chi connectivity index (χ3v) is 1.96. The molecule has 0 radical (unpaired) electrons. The molecule has 0 spiro atoms. The fourth-order valence-corrected chi connectivity index (χ4v) is 1.18. The van der Waals surface area contributed by atoms with Gasteiger partial charge in [0, 0.05) is 17.9 Å². The average molecular weight is 164 g/mol. The summed E-state index contributed by atoms with van der Waals surface area (Å²) >= 11 is 0. The monoisotopic (exact) mass is 164 g/mol. The molecule has 1 rings (SSSR count). The second kappa shape index (κ2) is 4.21. The van der Waals surface area contributed by atoms with Crippen molar-refractivity contribution < 1.29 is 0 Å². The van der Waals surface area contributed by atoms with Crippen LogP contribution in [0.3, 0.4) is 0 Å². The van der Waals surface area contributed by atoms with Crippen LogP contribution in [0.4, 0.5) is 0 Å². The van der Waals surface area contributed by atoms with Gasteiger partial charge in [-0.25, -0.2) is 0 Å². The smallest absolute Gasteiger partial charge is 0.0372 e. The fraction of sp³-hybridized carbons (Fsp3) is 0.500. The minimum atomic E-state index is 0.156. The van der Waals surface area contributed by atoms with Gasteiger partial charge in [0.25, 0.3) is 0 Å². The van der Waals surface area contributed by atoms with Crippen LogP contribution in [0, 0.1) is 6.92 Å². The van der Waals surface area contributed by atoms with E-state index in [-0.39, 0.29) is 6.04 Å². The van der Waals surface area contributed by atoms with Crippen molar-refractivity contribution in [1.82, 2.24) is 4.98 Å². The normalized spacial score (nSPS) is 12.9. The van der Waals surface area contributed by atoms with Crippen molar-refractivity contribution >= 4 is 0 Å². The minimum absolute atomic E-state index is 0.156. The summed E-state index contributed by atoms with van der Waals surface area (Å²) in [5.41, 5.74) is 8.10. The van der Waals surface area contributed by atoms with Crippen molar-refractivity contribution in [2.24, 2.45) is 5.73 Å². The maximum atomic E-state index is 5.92. The predicted molar refractivity (Wildman–Crippen MR) is 50.8 cm³/mol. The van der Waals surface area contributed by atoms with Crippen molar-refractivity contribution in [2.75, 3.05) is 0 Å². The number of rotatable bonds is 3. The van der Waals surface area contributed by atoms with E-state index in [0.29, 0.717) is 0 Å². The Morgan fingerprint density at radius 1 is 1.50 bits per heavy atom. The van der Waals surface area contributed by atoms with Crippen molar-refractivity contribution in [2.45, 2.75) is 32.7 Å². The van der Waals surface area contributed by atoms with E-state index >= 15 is 0 Å². The first kappa shape index (κ1) is 9.20. The van der Waals surface area contributed by atoms with Crippen molar-refractivity contribution in [3.63, 3.8) is 0 Å². The summed E-state index contributed by atoms with van der Waals surface area (Å²) in [6.07, 6.45) is 4.02. The molecule has 12 heavy (non-hydrogen) atoms. The number of nitrogens with two attached hydrogens (primary N) is 1. The van der Waals surface area contributed by atoms with Gasteiger partial charge in [0.15, 0.2) is 0 Å². The van der Waals surface area contributed by atoms with Crippen molar-refractivity contribution in [3.8, 4) is 0 Å². The summed E-state index contributed by atoms with van der Waals surface area (Å²) in [4.78, 5) is 4.20. The fourth-order valence-electron chi connectivity index (χ4n) is 1.18. The SMILES string of the molecule is CCC[C@H](N)c1ccc(C)nc1. The van der Waals surface area contributed by atoms with Gasteiger partial charge in [0.1, 0.15) is 0 Å². The Hall–Kier alpha value is -0.890. The molecule has 0 saturated heterocycles. The molecule has 0 saturated carbocycles. The van der Waals surface area contributed by atoms with E-state index in [2.05, 4.69) is 18.0 Å². The molecule has 2 N–H and O–H groups in total. The molecule has 1 aromatic rings. The van der Waals surface area contributed by atoms with Gasteiger partial charge in [-0.15, -0.1) is 0 Å². The number of aromatic nitrogens is 1. The Labute approximate surface area is 73.8 Å². The van der Waals surface area contributed by atoms with Crippen LogP contribution < -0.4 is 5.73 Å². The molecule has 1 aromatic heterocycles. The standard InChI is InChI=1S/C10H16N2/c1-3-4-10(11)9-6-5-8(2)12-7-9/h5-7,10H,3-4,11H2,1-2H3/t10-/m0/s1. The molecule has 0 unspecified atom stereocenters. The van der Waals surface area contributed by atoms with Gasteiger partial charge in [0.05, 0.1) is 0 Å². The summed E-state index contributed by atoms with van der Waals surface area (Å²) in [5, 5.41) is 0. The number of hydrogen-bond acceptors (Lipinski definition) is 2. The molecule has 0 aromatic carbocycles. The lowest BCUT2D eigenvalue weighted by atomic mass is 10.1. The first-order valence-electron chi connectivity index (χ1n) is 4.42. The summed E-state index contributed by atoms with van der Waals surface area (Å²) in [6, 6.07) is 4.22. The second-order valence-electron chi connectivity index (χ2n) is 3.13. The van der Waals surface area contributed by atoms with Crippen molar-refractivity contribution in [1.29, 1.82) is 0 Å². The topological polar surface area (TPSA) is 38.9 Å². The highest BCUT2D eigenvalue weighted by atomic mass is 14.7. The zero-order chi connectivity index (χ0) is 8.97. The van der Waals surface area contributed by atoms with Crippen LogP contribution in [-0.2, 0) is 0 Å². The summed E-state index contributed by atoms with van der Waals surface area (Å²) < 4.78 is 0. The van der Waals surface area contributed by atoms with Gasteiger partial charge < -0.3 is 5.73 Å². The Balaban J connectivity index is 2.68. The number of pyridine rings is 1.